The number of furan rings is 1. The predicted octanol–water partition coefficient (Wildman–Crippen LogP) is 3.66. The predicted molar refractivity (Wildman–Crippen MR) is 111 cm³/mol. The fourth-order valence-corrected chi connectivity index (χ4v) is 3.24. The molecule has 29 heavy (non-hydrogen) atoms. The lowest BCUT2D eigenvalue weighted by Crippen LogP contribution is -2.27. The van der Waals surface area contributed by atoms with E-state index < -0.39 is 0 Å². The maximum absolute atomic E-state index is 12.5. The summed E-state index contributed by atoms with van der Waals surface area (Å²) in [5.41, 5.74) is 3.13. The van der Waals surface area contributed by atoms with Crippen molar-refractivity contribution in [1.29, 1.82) is 0 Å². The Bertz CT molecular complexity index is 1130. The van der Waals surface area contributed by atoms with Crippen LogP contribution in [0.25, 0.3) is 10.9 Å². The molecule has 0 fully saturated rings. The molecule has 4 aromatic rings. The average molecular weight is 387 g/mol. The second-order valence-corrected chi connectivity index (χ2v) is 6.71. The van der Waals surface area contributed by atoms with Crippen molar-refractivity contribution in [2.45, 2.75) is 13.0 Å². The number of amides is 2. The van der Waals surface area contributed by atoms with E-state index in [4.69, 9.17) is 4.42 Å². The molecule has 2 aromatic heterocycles. The molecular weight excluding hydrogens is 366 g/mol. The number of hydrogen-bond acceptors (Lipinski definition) is 3. The average Bonchev–Trinajstić information content (AvgIpc) is 3.42. The number of para-hydroxylation sites is 1. The summed E-state index contributed by atoms with van der Waals surface area (Å²) in [6.07, 6.45) is 4.25. The summed E-state index contributed by atoms with van der Waals surface area (Å²) in [5.74, 6) is 0.213. The summed E-state index contributed by atoms with van der Waals surface area (Å²) >= 11 is 0. The number of carbonyl (C=O) groups excluding carboxylic acids is 2. The molecule has 0 saturated heterocycles. The maximum Gasteiger partial charge on any atom is 0.251 e. The lowest BCUT2D eigenvalue weighted by molar-refractivity contribution is 0.0948. The highest BCUT2D eigenvalue weighted by molar-refractivity contribution is 5.99. The van der Waals surface area contributed by atoms with E-state index in [1.54, 1.807) is 42.7 Å². The van der Waals surface area contributed by atoms with Crippen LogP contribution < -0.4 is 10.6 Å². The smallest absolute Gasteiger partial charge is 0.251 e. The molecule has 0 aliphatic rings. The first-order valence-electron chi connectivity index (χ1n) is 9.44. The molecule has 2 aromatic carbocycles. The molecule has 6 heteroatoms. The monoisotopic (exact) mass is 387 g/mol. The number of carbonyl (C=O) groups is 2. The van der Waals surface area contributed by atoms with E-state index in [2.05, 4.69) is 21.7 Å². The molecule has 0 radical (unpaired) electrons. The standard InChI is InChI=1S/C23H21N3O3/c27-22(24-11-10-18-14-25-21-9-2-1-8-20(18)21)16-5-3-6-17(13-16)23(28)26-15-19-7-4-12-29-19/h1-9,12-14,25H,10-11,15H2,(H,24,27)(H,26,28). The molecule has 6 nitrogen and oxygen atoms in total. The van der Waals surface area contributed by atoms with Crippen LogP contribution in [-0.4, -0.2) is 23.3 Å². The van der Waals surface area contributed by atoms with Crippen LogP contribution in [0, 0.1) is 0 Å². The van der Waals surface area contributed by atoms with Crippen LogP contribution in [0.15, 0.2) is 77.5 Å². The number of benzene rings is 2. The van der Waals surface area contributed by atoms with Gasteiger partial charge in [0.15, 0.2) is 0 Å². The minimum atomic E-state index is -0.255. The number of nitrogens with one attached hydrogen (secondary N) is 3. The molecule has 0 saturated carbocycles. The van der Waals surface area contributed by atoms with Crippen LogP contribution in [0.2, 0.25) is 0 Å². The highest BCUT2D eigenvalue weighted by atomic mass is 16.3. The molecule has 0 aliphatic heterocycles. The Morgan fingerprint density at radius 2 is 1.69 bits per heavy atom. The first-order chi connectivity index (χ1) is 14.2. The van der Waals surface area contributed by atoms with Crippen molar-refractivity contribution in [2.75, 3.05) is 6.54 Å². The summed E-state index contributed by atoms with van der Waals surface area (Å²) < 4.78 is 5.20. The van der Waals surface area contributed by atoms with Gasteiger partial charge in [-0.25, -0.2) is 0 Å². The quantitative estimate of drug-likeness (QED) is 0.452. The summed E-state index contributed by atoms with van der Waals surface area (Å²) in [6, 6.07) is 18.3. The van der Waals surface area contributed by atoms with Gasteiger partial charge in [-0.1, -0.05) is 24.3 Å². The number of fused-ring (bicyclic) bond motifs is 1. The van der Waals surface area contributed by atoms with Gasteiger partial charge in [0.25, 0.3) is 11.8 Å². The Labute approximate surface area is 167 Å². The van der Waals surface area contributed by atoms with Gasteiger partial charge in [0, 0.05) is 34.8 Å². The Balaban J connectivity index is 1.33. The fourth-order valence-electron chi connectivity index (χ4n) is 3.24. The van der Waals surface area contributed by atoms with E-state index in [-0.39, 0.29) is 11.8 Å². The second-order valence-electron chi connectivity index (χ2n) is 6.71. The zero-order valence-electron chi connectivity index (χ0n) is 15.8. The van der Waals surface area contributed by atoms with E-state index in [1.165, 1.54) is 0 Å². The van der Waals surface area contributed by atoms with Crippen molar-refractivity contribution in [3.05, 3.63) is 95.6 Å². The molecule has 0 atom stereocenters. The van der Waals surface area contributed by atoms with Gasteiger partial charge in [0.2, 0.25) is 0 Å². The fraction of sp³-hybridized carbons (Fsp3) is 0.130. The molecule has 0 spiro atoms. The molecule has 0 bridgehead atoms. The third kappa shape index (κ3) is 4.38. The first-order valence-corrected chi connectivity index (χ1v) is 9.44. The van der Waals surface area contributed by atoms with Gasteiger partial charge in [-0.15, -0.1) is 0 Å². The first kappa shape index (κ1) is 18.6. The number of H-pyrrole nitrogens is 1. The van der Waals surface area contributed by atoms with Crippen molar-refractivity contribution in [1.82, 2.24) is 15.6 Å². The molecule has 4 rings (SSSR count). The molecule has 2 amide bonds. The molecule has 0 unspecified atom stereocenters. The van der Waals surface area contributed by atoms with Crippen LogP contribution in [0.3, 0.4) is 0 Å². The van der Waals surface area contributed by atoms with E-state index in [0.29, 0.717) is 30.0 Å². The molecular formula is C23H21N3O3. The van der Waals surface area contributed by atoms with Crippen molar-refractivity contribution in [3.63, 3.8) is 0 Å². The highest BCUT2D eigenvalue weighted by Gasteiger charge is 2.11. The number of aromatic amines is 1. The summed E-state index contributed by atoms with van der Waals surface area (Å²) in [6.45, 7) is 0.808. The second kappa shape index (κ2) is 8.48. The van der Waals surface area contributed by atoms with Gasteiger partial charge in [-0.2, -0.15) is 0 Å². The third-order valence-corrected chi connectivity index (χ3v) is 4.75. The summed E-state index contributed by atoms with van der Waals surface area (Å²) in [7, 11) is 0. The van der Waals surface area contributed by atoms with Crippen molar-refractivity contribution in [3.8, 4) is 0 Å². The molecule has 3 N–H and O–H groups in total. The van der Waals surface area contributed by atoms with E-state index in [1.807, 2.05) is 24.4 Å². The number of rotatable bonds is 7. The minimum absolute atomic E-state index is 0.203. The van der Waals surface area contributed by atoms with Crippen LogP contribution in [-0.2, 0) is 13.0 Å². The van der Waals surface area contributed by atoms with Gasteiger partial charge < -0.3 is 20.0 Å². The highest BCUT2D eigenvalue weighted by Crippen LogP contribution is 2.17. The third-order valence-electron chi connectivity index (χ3n) is 4.75. The molecule has 2 heterocycles. The van der Waals surface area contributed by atoms with Crippen molar-refractivity contribution in [2.24, 2.45) is 0 Å². The van der Waals surface area contributed by atoms with Crippen LogP contribution in [0.4, 0.5) is 0 Å². The van der Waals surface area contributed by atoms with Crippen LogP contribution in [0.1, 0.15) is 32.0 Å². The van der Waals surface area contributed by atoms with Crippen LogP contribution >= 0.6 is 0 Å². The largest absolute Gasteiger partial charge is 0.467 e. The number of aromatic nitrogens is 1. The topological polar surface area (TPSA) is 87.1 Å². The van der Waals surface area contributed by atoms with Crippen molar-refractivity contribution < 1.29 is 14.0 Å². The van der Waals surface area contributed by atoms with E-state index in [9.17, 15) is 9.59 Å². The van der Waals surface area contributed by atoms with Gasteiger partial charge in [0.1, 0.15) is 5.76 Å². The lowest BCUT2D eigenvalue weighted by Gasteiger charge is -2.07. The summed E-state index contributed by atoms with van der Waals surface area (Å²) in [5, 5.41) is 6.87. The Kier molecular flexibility index (Phi) is 5.42. The Morgan fingerprint density at radius 3 is 2.48 bits per heavy atom. The van der Waals surface area contributed by atoms with E-state index in [0.717, 1.165) is 22.9 Å². The molecule has 0 aliphatic carbocycles. The Morgan fingerprint density at radius 1 is 0.897 bits per heavy atom. The normalized spacial score (nSPS) is 10.8. The van der Waals surface area contributed by atoms with Gasteiger partial charge in [-0.05, 0) is 48.4 Å². The maximum atomic E-state index is 12.5. The number of hydrogen-bond donors (Lipinski definition) is 3. The Hall–Kier alpha value is -3.80. The zero-order chi connectivity index (χ0) is 20.1. The van der Waals surface area contributed by atoms with Gasteiger partial charge in [-0.3, -0.25) is 9.59 Å². The zero-order valence-corrected chi connectivity index (χ0v) is 15.8. The summed E-state index contributed by atoms with van der Waals surface area (Å²) in [4.78, 5) is 28.0. The molecule has 146 valence electrons. The minimum Gasteiger partial charge on any atom is -0.467 e. The van der Waals surface area contributed by atoms with Gasteiger partial charge >= 0.3 is 0 Å². The van der Waals surface area contributed by atoms with Crippen LogP contribution in [0.5, 0.6) is 0 Å². The van der Waals surface area contributed by atoms with Crippen molar-refractivity contribution >= 4 is 22.7 Å². The lowest BCUT2D eigenvalue weighted by atomic mass is 10.1. The van der Waals surface area contributed by atoms with Gasteiger partial charge in [0.05, 0.1) is 12.8 Å². The SMILES string of the molecule is O=C(NCCc1c[nH]c2ccccc12)c1cccc(C(=O)NCc2ccco2)c1. The van der Waals surface area contributed by atoms with E-state index >= 15 is 0 Å².